The first-order chi connectivity index (χ1) is 8.65. The zero-order valence-electron chi connectivity index (χ0n) is 9.77. The van der Waals surface area contributed by atoms with Crippen LogP contribution in [0.4, 0.5) is 14.5 Å². The Morgan fingerprint density at radius 1 is 1.28 bits per heavy atom. The Balaban J connectivity index is 2.27. The van der Waals surface area contributed by atoms with Crippen molar-refractivity contribution in [1.29, 1.82) is 0 Å². The Kier molecular flexibility index (Phi) is 4.11. The van der Waals surface area contributed by atoms with E-state index in [1.54, 1.807) is 0 Å². The fraction of sp³-hybridized carbons (Fsp3) is 0.500. The van der Waals surface area contributed by atoms with Crippen molar-refractivity contribution in [3.8, 4) is 0 Å². The lowest BCUT2D eigenvalue weighted by Crippen LogP contribution is -2.44. The molecule has 0 saturated carbocycles. The summed E-state index contributed by atoms with van der Waals surface area (Å²) in [7, 11) is 0. The topological polar surface area (TPSA) is 52.9 Å². The quantitative estimate of drug-likeness (QED) is 0.837. The number of nitrogens with zero attached hydrogens (tertiary/aromatic N) is 1. The number of hydrogen-bond acceptors (Lipinski definition) is 4. The summed E-state index contributed by atoms with van der Waals surface area (Å²) in [5.41, 5.74) is 0.0645. The largest absolute Gasteiger partial charge is 0.394 e. The van der Waals surface area contributed by atoms with Gasteiger partial charge in [-0.05, 0) is 17.7 Å². The van der Waals surface area contributed by atoms with E-state index in [0.29, 0.717) is 13.2 Å². The molecule has 6 heteroatoms. The molecule has 0 spiro atoms. The Hall–Kier alpha value is -1.24. The molecule has 1 atom stereocenters. The standard InChI is InChI=1S/C12H15F2NO3/c13-10-3-8(6-16)4-11(14)12(10)15-1-2-18-9(5-15)7-17/h3-4,9,16-17H,1-2,5-7H2. The Morgan fingerprint density at radius 2 is 1.94 bits per heavy atom. The molecule has 1 aliphatic heterocycles. The van der Waals surface area contributed by atoms with Gasteiger partial charge in [0, 0.05) is 13.1 Å². The van der Waals surface area contributed by atoms with Crippen molar-refractivity contribution >= 4 is 5.69 Å². The number of morpholine rings is 1. The van der Waals surface area contributed by atoms with Gasteiger partial charge in [0.15, 0.2) is 0 Å². The van der Waals surface area contributed by atoms with Crippen LogP contribution in [0.3, 0.4) is 0 Å². The Morgan fingerprint density at radius 3 is 2.50 bits per heavy atom. The number of hydrogen-bond donors (Lipinski definition) is 2. The molecule has 0 aromatic heterocycles. The highest BCUT2D eigenvalue weighted by atomic mass is 19.1. The second-order valence-corrected chi connectivity index (χ2v) is 4.19. The number of aliphatic hydroxyl groups excluding tert-OH is 2. The molecule has 1 heterocycles. The first-order valence-corrected chi connectivity index (χ1v) is 5.72. The summed E-state index contributed by atoms with van der Waals surface area (Å²) in [6.07, 6.45) is -0.435. The molecular weight excluding hydrogens is 244 g/mol. The highest BCUT2D eigenvalue weighted by molar-refractivity contribution is 5.51. The second kappa shape index (κ2) is 5.60. The van der Waals surface area contributed by atoms with E-state index in [4.69, 9.17) is 14.9 Å². The van der Waals surface area contributed by atoms with Crippen molar-refractivity contribution in [2.24, 2.45) is 0 Å². The molecule has 0 amide bonds. The van der Waals surface area contributed by atoms with Crippen LogP contribution in [-0.2, 0) is 11.3 Å². The van der Waals surface area contributed by atoms with Crippen molar-refractivity contribution < 1.29 is 23.7 Å². The molecule has 0 radical (unpaired) electrons. The maximum absolute atomic E-state index is 13.8. The van der Waals surface area contributed by atoms with Crippen molar-refractivity contribution in [2.75, 3.05) is 31.2 Å². The van der Waals surface area contributed by atoms with Crippen LogP contribution in [0, 0.1) is 11.6 Å². The van der Waals surface area contributed by atoms with Gasteiger partial charge in [-0.3, -0.25) is 0 Å². The van der Waals surface area contributed by atoms with Crippen molar-refractivity contribution in [3.63, 3.8) is 0 Å². The first kappa shape index (κ1) is 13.2. The minimum atomic E-state index is -0.711. The number of benzene rings is 1. The van der Waals surface area contributed by atoms with Crippen LogP contribution in [0.25, 0.3) is 0 Å². The van der Waals surface area contributed by atoms with E-state index in [0.717, 1.165) is 12.1 Å². The zero-order valence-corrected chi connectivity index (χ0v) is 9.77. The van der Waals surface area contributed by atoms with Gasteiger partial charge in [0.25, 0.3) is 0 Å². The molecule has 0 aliphatic carbocycles. The smallest absolute Gasteiger partial charge is 0.149 e. The minimum Gasteiger partial charge on any atom is -0.394 e. The molecule has 1 unspecified atom stereocenters. The average molecular weight is 259 g/mol. The van der Waals surface area contributed by atoms with Crippen LogP contribution in [-0.4, -0.2) is 42.6 Å². The van der Waals surface area contributed by atoms with Crippen LogP contribution in [0.5, 0.6) is 0 Å². The van der Waals surface area contributed by atoms with Gasteiger partial charge in [0.05, 0.1) is 25.9 Å². The SMILES string of the molecule is OCc1cc(F)c(N2CCOC(CO)C2)c(F)c1. The predicted octanol–water partition coefficient (Wildman–Crippen LogP) is 0.655. The summed E-state index contributed by atoms with van der Waals surface area (Å²) < 4.78 is 32.9. The Labute approximate surface area is 103 Å². The molecule has 1 aromatic carbocycles. The molecule has 0 bridgehead atoms. The molecule has 4 nitrogen and oxygen atoms in total. The van der Waals surface area contributed by atoms with E-state index in [2.05, 4.69) is 0 Å². The van der Waals surface area contributed by atoms with Crippen LogP contribution in [0.2, 0.25) is 0 Å². The van der Waals surface area contributed by atoms with E-state index in [1.807, 2.05) is 0 Å². The third-order valence-corrected chi connectivity index (χ3v) is 2.92. The summed E-state index contributed by atoms with van der Waals surface area (Å²) in [5.74, 6) is -1.42. The molecule has 1 aromatic rings. The minimum absolute atomic E-state index is 0.131. The van der Waals surface area contributed by atoms with Crippen molar-refractivity contribution in [1.82, 2.24) is 0 Å². The van der Waals surface area contributed by atoms with Crippen LogP contribution < -0.4 is 4.90 Å². The lowest BCUT2D eigenvalue weighted by atomic mass is 10.1. The summed E-state index contributed by atoms with van der Waals surface area (Å²) >= 11 is 0. The van der Waals surface area contributed by atoms with Gasteiger partial charge in [-0.1, -0.05) is 0 Å². The molecule has 1 aliphatic rings. The molecular formula is C12H15F2NO3. The molecule has 100 valence electrons. The summed E-state index contributed by atoms with van der Waals surface area (Å²) in [4.78, 5) is 1.51. The first-order valence-electron chi connectivity index (χ1n) is 5.72. The molecule has 18 heavy (non-hydrogen) atoms. The van der Waals surface area contributed by atoms with Crippen LogP contribution in [0.15, 0.2) is 12.1 Å². The second-order valence-electron chi connectivity index (χ2n) is 4.19. The highest BCUT2D eigenvalue weighted by Gasteiger charge is 2.24. The number of ether oxygens (including phenoxy) is 1. The highest BCUT2D eigenvalue weighted by Crippen LogP contribution is 2.26. The fourth-order valence-electron chi connectivity index (χ4n) is 2.04. The average Bonchev–Trinajstić information content (AvgIpc) is 2.38. The molecule has 2 N–H and O–H groups in total. The number of aliphatic hydroxyl groups is 2. The van der Waals surface area contributed by atoms with Gasteiger partial charge in [-0.25, -0.2) is 8.78 Å². The summed E-state index contributed by atoms with van der Waals surface area (Å²) in [6, 6.07) is 2.23. The lowest BCUT2D eigenvalue weighted by molar-refractivity contribution is 0.00323. The summed E-state index contributed by atoms with van der Waals surface area (Å²) in [5, 5.41) is 17.9. The van der Waals surface area contributed by atoms with E-state index >= 15 is 0 Å². The van der Waals surface area contributed by atoms with Crippen LogP contribution >= 0.6 is 0 Å². The molecule has 2 rings (SSSR count). The van der Waals surface area contributed by atoms with E-state index < -0.39 is 24.3 Å². The van der Waals surface area contributed by atoms with E-state index in [1.165, 1.54) is 4.90 Å². The fourth-order valence-corrected chi connectivity index (χ4v) is 2.04. The van der Waals surface area contributed by atoms with Gasteiger partial charge in [0.2, 0.25) is 0 Å². The maximum atomic E-state index is 13.8. The van der Waals surface area contributed by atoms with Gasteiger partial charge in [0.1, 0.15) is 17.3 Å². The van der Waals surface area contributed by atoms with Crippen molar-refractivity contribution in [2.45, 2.75) is 12.7 Å². The molecule has 1 fully saturated rings. The third-order valence-electron chi connectivity index (χ3n) is 2.92. The number of rotatable bonds is 3. The molecule has 1 saturated heterocycles. The maximum Gasteiger partial charge on any atom is 0.149 e. The predicted molar refractivity (Wildman–Crippen MR) is 61.3 cm³/mol. The Bertz CT molecular complexity index is 405. The normalized spacial score (nSPS) is 20.2. The van der Waals surface area contributed by atoms with Gasteiger partial charge >= 0.3 is 0 Å². The lowest BCUT2D eigenvalue weighted by Gasteiger charge is -2.34. The van der Waals surface area contributed by atoms with Crippen LogP contribution in [0.1, 0.15) is 5.56 Å². The van der Waals surface area contributed by atoms with E-state index in [-0.39, 0.29) is 24.4 Å². The third kappa shape index (κ3) is 2.60. The number of anilines is 1. The van der Waals surface area contributed by atoms with Gasteiger partial charge in [-0.15, -0.1) is 0 Å². The number of halogens is 2. The van der Waals surface area contributed by atoms with E-state index in [9.17, 15) is 8.78 Å². The van der Waals surface area contributed by atoms with Gasteiger partial charge < -0.3 is 19.8 Å². The zero-order chi connectivity index (χ0) is 13.1. The summed E-state index contributed by atoms with van der Waals surface area (Å²) in [6.45, 7) is 0.322. The van der Waals surface area contributed by atoms with Crippen molar-refractivity contribution in [3.05, 3.63) is 29.3 Å². The monoisotopic (exact) mass is 259 g/mol. The van der Waals surface area contributed by atoms with Gasteiger partial charge in [-0.2, -0.15) is 0 Å².